The fourth-order valence-corrected chi connectivity index (χ4v) is 10.3. The molecule has 0 N–H and O–H groups in total. The summed E-state index contributed by atoms with van der Waals surface area (Å²) in [5.41, 5.74) is 0. The molecule has 0 radical (unpaired) electrons. The van der Waals surface area contributed by atoms with Crippen molar-refractivity contribution in [3.8, 4) is 0 Å². The first-order valence-electron chi connectivity index (χ1n) is 31.9. The number of carbonyl (C=O) groups is 2. The molecule has 0 aromatic rings. The van der Waals surface area contributed by atoms with Gasteiger partial charge in [0, 0.05) is 12.8 Å². The highest BCUT2D eigenvalue weighted by Gasteiger charge is 2.22. The van der Waals surface area contributed by atoms with Gasteiger partial charge in [0.15, 0.2) is 6.10 Å². The quantitative estimate of drug-likeness (QED) is 0.0195. The van der Waals surface area contributed by atoms with Gasteiger partial charge in [-0.15, -0.1) is 0 Å². The Morgan fingerprint density at radius 1 is 0.411 bits per heavy atom. The molecule has 0 aliphatic rings. The third kappa shape index (κ3) is 59.8. The molecule has 2 atom stereocenters. The lowest BCUT2D eigenvalue weighted by molar-refractivity contribution is -0.870. The Morgan fingerprint density at radius 3 is 1.01 bits per heavy atom. The fraction of sp³-hybridized carbons (Fsp3) is 0.937. The molecule has 10 heteroatoms. The van der Waals surface area contributed by atoms with Crippen LogP contribution in [0.15, 0.2) is 12.2 Å². The molecule has 73 heavy (non-hydrogen) atoms. The van der Waals surface area contributed by atoms with Crippen molar-refractivity contribution < 1.29 is 42.1 Å². The van der Waals surface area contributed by atoms with Gasteiger partial charge < -0.3 is 27.9 Å². The topological polar surface area (TPSA) is 111 Å². The molecule has 0 aromatic heterocycles. The van der Waals surface area contributed by atoms with E-state index >= 15 is 0 Å². The van der Waals surface area contributed by atoms with Crippen molar-refractivity contribution in [2.75, 3.05) is 47.5 Å². The van der Waals surface area contributed by atoms with E-state index in [1.165, 1.54) is 263 Å². The van der Waals surface area contributed by atoms with Crippen LogP contribution in [0.5, 0.6) is 0 Å². The van der Waals surface area contributed by atoms with Crippen molar-refractivity contribution in [1.82, 2.24) is 0 Å². The first-order chi connectivity index (χ1) is 35.5. The van der Waals surface area contributed by atoms with Crippen LogP contribution in [0.1, 0.15) is 328 Å². The number of nitrogens with zero attached hydrogens (tertiary/aromatic N) is 1. The number of esters is 2. The highest BCUT2D eigenvalue weighted by atomic mass is 31.2. The minimum absolute atomic E-state index is 0.0266. The highest BCUT2D eigenvalue weighted by Crippen LogP contribution is 2.38. The predicted octanol–water partition coefficient (Wildman–Crippen LogP) is 19.4. The Bertz CT molecular complexity index is 1240. The predicted molar refractivity (Wildman–Crippen MR) is 310 cm³/mol. The summed E-state index contributed by atoms with van der Waals surface area (Å²) in [4.78, 5) is 38.0. The average molecular weight is 1050 g/mol. The average Bonchev–Trinajstić information content (AvgIpc) is 3.35. The molecule has 0 aliphatic carbocycles. The van der Waals surface area contributed by atoms with Crippen LogP contribution in [-0.2, 0) is 32.7 Å². The van der Waals surface area contributed by atoms with Crippen molar-refractivity contribution in [2.45, 2.75) is 335 Å². The second-order valence-electron chi connectivity index (χ2n) is 23.1. The Hall–Kier alpha value is -1.25. The number of carbonyl (C=O) groups excluding carboxylic acids is 2. The summed E-state index contributed by atoms with van der Waals surface area (Å²) in [7, 11) is 1.19. The molecule has 0 bridgehead atoms. The second-order valence-corrected chi connectivity index (χ2v) is 24.5. The van der Waals surface area contributed by atoms with Crippen molar-refractivity contribution in [3.05, 3.63) is 12.2 Å². The van der Waals surface area contributed by atoms with Crippen LogP contribution in [0, 0.1) is 0 Å². The summed E-state index contributed by atoms with van der Waals surface area (Å²) in [5.74, 6) is -0.811. The summed E-state index contributed by atoms with van der Waals surface area (Å²) in [6.07, 6.45) is 65.6. The largest absolute Gasteiger partial charge is 0.756 e. The standard InChI is InChI=1S/C63H124NO8P/c1-6-8-10-12-14-16-18-20-22-24-26-28-30-32-34-36-38-40-42-44-46-48-50-52-54-56-63(66)72-61(60-71-73(67,68)70-58-57-64(3,4)5)59-69-62(65)55-53-51-49-47-45-43-41-39-37-35-33-31-29-27-25-23-21-19-17-15-13-11-9-7-2/h24,26,61H,6-23,25,27-60H2,1-5H3/b26-24-. The highest BCUT2D eigenvalue weighted by molar-refractivity contribution is 7.45. The van der Waals surface area contributed by atoms with E-state index in [1.54, 1.807) is 0 Å². The monoisotopic (exact) mass is 1050 g/mol. The third-order valence-electron chi connectivity index (χ3n) is 14.5. The maximum Gasteiger partial charge on any atom is 0.306 e. The molecule has 0 spiro atoms. The number of phosphoric acid groups is 1. The van der Waals surface area contributed by atoms with E-state index in [1.807, 2.05) is 21.1 Å². The zero-order chi connectivity index (χ0) is 53.5. The van der Waals surface area contributed by atoms with E-state index in [0.717, 1.165) is 32.1 Å². The maximum absolute atomic E-state index is 12.8. The summed E-state index contributed by atoms with van der Waals surface area (Å²) in [6, 6.07) is 0. The normalized spacial score (nSPS) is 13.2. The number of allylic oxidation sites excluding steroid dienone is 2. The first-order valence-corrected chi connectivity index (χ1v) is 33.4. The second kappa shape index (κ2) is 55.5. The molecule has 9 nitrogen and oxygen atoms in total. The number of hydrogen-bond acceptors (Lipinski definition) is 8. The minimum atomic E-state index is -4.63. The number of likely N-dealkylation sites (N-methyl/N-ethyl adjacent to an activating group) is 1. The van der Waals surface area contributed by atoms with Crippen molar-refractivity contribution in [3.63, 3.8) is 0 Å². The molecule has 0 amide bonds. The van der Waals surface area contributed by atoms with Gasteiger partial charge in [0.25, 0.3) is 7.82 Å². The van der Waals surface area contributed by atoms with E-state index in [4.69, 9.17) is 18.5 Å². The van der Waals surface area contributed by atoms with Crippen LogP contribution in [0.25, 0.3) is 0 Å². The smallest absolute Gasteiger partial charge is 0.306 e. The van der Waals surface area contributed by atoms with Gasteiger partial charge in [0.05, 0.1) is 27.7 Å². The summed E-state index contributed by atoms with van der Waals surface area (Å²) in [6.45, 7) is 4.31. The molecule has 0 rings (SSSR count). The number of ether oxygens (including phenoxy) is 2. The minimum Gasteiger partial charge on any atom is -0.756 e. The molecule has 0 aromatic carbocycles. The molecule has 434 valence electrons. The zero-order valence-electron chi connectivity index (χ0n) is 49.4. The van der Waals surface area contributed by atoms with Crippen LogP contribution in [0.3, 0.4) is 0 Å². The van der Waals surface area contributed by atoms with Crippen LogP contribution >= 0.6 is 7.82 Å². The van der Waals surface area contributed by atoms with Gasteiger partial charge in [-0.05, 0) is 38.5 Å². The summed E-state index contributed by atoms with van der Waals surface area (Å²) < 4.78 is 34.3. The van der Waals surface area contributed by atoms with Crippen LogP contribution in [-0.4, -0.2) is 70.0 Å². The molecule has 0 saturated heterocycles. The summed E-state index contributed by atoms with van der Waals surface area (Å²) >= 11 is 0. The van der Waals surface area contributed by atoms with Crippen molar-refractivity contribution in [2.24, 2.45) is 0 Å². The Morgan fingerprint density at radius 2 is 0.699 bits per heavy atom. The summed E-state index contributed by atoms with van der Waals surface area (Å²) in [5, 5.41) is 0. The van der Waals surface area contributed by atoms with Gasteiger partial charge in [-0.25, -0.2) is 0 Å². The number of phosphoric ester groups is 1. The van der Waals surface area contributed by atoms with Gasteiger partial charge in [0.1, 0.15) is 19.8 Å². The van der Waals surface area contributed by atoms with Gasteiger partial charge >= 0.3 is 11.9 Å². The lowest BCUT2D eigenvalue weighted by Gasteiger charge is -2.28. The SMILES string of the molecule is CCCCCCCCCC/C=C\CCCCCCCCCCCCCCCC(=O)OC(COC(=O)CCCCCCCCCCCCCCCCCCCCCCCCCC)COP(=O)([O-])OCC[N+](C)(C)C. The fourth-order valence-electron chi connectivity index (χ4n) is 9.60. The van der Waals surface area contributed by atoms with E-state index in [2.05, 4.69) is 26.0 Å². The molecular weight excluding hydrogens is 930 g/mol. The van der Waals surface area contributed by atoms with Crippen molar-refractivity contribution in [1.29, 1.82) is 0 Å². The van der Waals surface area contributed by atoms with Crippen LogP contribution in [0.2, 0.25) is 0 Å². The van der Waals surface area contributed by atoms with Crippen molar-refractivity contribution >= 4 is 19.8 Å². The van der Waals surface area contributed by atoms with Crippen LogP contribution in [0.4, 0.5) is 0 Å². The third-order valence-corrected chi connectivity index (χ3v) is 15.5. The molecule has 0 fully saturated rings. The molecule has 0 saturated carbocycles. The van der Waals surface area contributed by atoms with E-state index < -0.39 is 26.5 Å². The van der Waals surface area contributed by atoms with Gasteiger partial charge in [0.2, 0.25) is 0 Å². The Balaban J connectivity index is 4.06. The van der Waals surface area contributed by atoms with Gasteiger partial charge in [-0.3, -0.25) is 14.2 Å². The molecule has 0 aliphatic heterocycles. The maximum atomic E-state index is 12.8. The molecule has 2 unspecified atom stereocenters. The van der Waals surface area contributed by atoms with E-state index in [9.17, 15) is 19.0 Å². The van der Waals surface area contributed by atoms with Crippen LogP contribution < -0.4 is 4.89 Å². The van der Waals surface area contributed by atoms with E-state index in [0.29, 0.717) is 17.4 Å². The van der Waals surface area contributed by atoms with Gasteiger partial charge in [-0.1, -0.05) is 289 Å². The lowest BCUT2D eigenvalue weighted by Crippen LogP contribution is -2.37. The lowest BCUT2D eigenvalue weighted by atomic mass is 10.0. The van der Waals surface area contributed by atoms with E-state index in [-0.39, 0.29) is 32.0 Å². The first kappa shape index (κ1) is 71.8. The Kier molecular flexibility index (Phi) is 54.6. The van der Waals surface area contributed by atoms with Gasteiger partial charge in [-0.2, -0.15) is 0 Å². The number of quaternary nitrogens is 1. The zero-order valence-corrected chi connectivity index (χ0v) is 50.3. The molecule has 0 heterocycles. The Labute approximate surface area is 454 Å². The number of unbranched alkanes of at least 4 members (excludes halogenated alkanes) is 44. The number of rotatable bonds is 60. The molecular formula is C63H124NO8P. The number of hydrogen-bond donors (Lipinski definition) is 0.